The minimum atomic E-state index is -2.44. The van der Waals surface area contributed by atoms with Gasteiger partial charge in [-0.25, -0.2) is 0 Å². The number of aliphatic hydroxyl groups excluding tert-OH is 1. The summed E-state index contributed by atoms with van der Waals surface area (Å²) in [7, 11) is 6.85. The van der Waals surface area contributed by atoms with Crippen LogP contribution in [0.5, 0.6) is 0 Å². The van der Waals surface area contributed by atoms with Crippen molar-refractivity contribution in [1.82, 2.24) is 0 Å². The highest BCUT2D eigenvalue weighted by Gasteiger charge is 2.39. The van der Waals surface area contributed by atoms with E-state index in [0.717, 1.165) is 36.5 Å². The number of aliphatic hydroxyl groups is 1. The Morgan fingerprint density at radius 1 is 0.941 bits per heavy atom. The van der Waals surface area contributed by atoms with Crippen molar-refractivity contribution >= 4 is 8.80 Å². The molecule has 0 aliphatic rings. The molecular formula is C11H28NO4Si+. The average molecular weight is 266 g/mol. The lowest BCUT2D eigenvalue weighted by Gasteiger charge is -2.33. The Balaban J connectivity index is 4.13. The molecule has 0 saturated heterocycles. The summed E-state index contributed by atoms with van der Waals surface area (Å²) < 4.78 is 17.1. The van der Waals surface area contributed by atoms with E-state index in [1.54, 1.807) is 21.3 Å². The molecule has 0 spiro atoms. The van der Waals surface area contributed by atoms with Crippen LogP contribution in [0.4, 0.5) is 0 Å². The quantitative estimate of drug-likeness (QED) is 0.359. The molecule has 1 N–H and O–H groups in total. The van der Waals surface area contributed by atoms with E-state index >= 15 is 0 Å². The minimum absolute atomic E-state index is 0.271. The number of nitrogens with zero attached hydrogens (tertiary/aromatic N) is 1. The molecule has 6 heteroatoms. The van der Waals surface area contributed by atoms with Crippen LogP contribution in [-0.4, -0.2) is 73.5 Å². The Bertz CT molecular complexity index is 190. The third-order valence-electron chi connectivity index (χ3n) is 3.13. The van der Waals surface area contributed by atoms with E-state index < -0.39 is 8.80 Å². The molecule has 104 valence electrons. The number of quaternary nitrogens is 1. The normalized spacial score (nSPS) is 13.1. The maximum atomic E-state index is 8.78. The van der Waals surface area contributed by atoms with Gasteiger partial charge in [-0.3, -0.25) is 0 Å². The summed E-state index contributed by atoms with van der Waals surface area (Å²) in [4.78, 5) is 0. The van der Waals surface area contributed by atoms with Crippen molar-refractivity contribution in [2.75, 3.05) is 55.1 Å². The second kappa shape index (κ2) is 8.18. The van der Waals surface area contributed by atoms with Crippen molar-refractivity contribution in [3.63, 3.8) is 0 Å². The minimum Gasteiger partial charge on any atom is -0.396 e. The highest BCUT2D eigenvalue weighted by atomic mass is 28.4. The third kappa shape index (κ3) is 6.49. The van der Waals surface area contributed by atoms with Gasteiger partial charge < -0.3 is 22.9 Å². The Kier molecular flexibility index (Phi) is 8.19. The molecule has 0 rings (SSSR count). The number of hydrogen-bond acceptors (Lipinski definition) is 4. The van der Waals surface area contributed by atoms with E-state index in [9.17, 15) is 0 Å². The topological polar surface area (TPSA) is 47.9 Å². The van der Waals surface area contributed by atoms with Gasteiger partial charge in [-0.15, -0.1) is 0 Å². The van der Waals surface area contributed by atoms with Crippen molar-refractivity contribution < 1.29 is 22.9 Å². The predicted octanol–water partition coefficient (Wildman–Crippen LogP) is 0.713. The first-order chi connectivity index (χ1) is 7.95. The fourth-order valence-electron chi connectivity index (χ4n) is 1.76. The summed E-state index contributed by atoms with van der Waals surface area (Å²) in [6, 6.07) is 0.808. The highest BCUT2D eigenvalue weighted by Crippen LogP contribution is 2.15. The van der Waals surface area contributed by atoms with Crippen LogP contribution >= 0.6 is 0 Å². The fraction of sp³-hybridized carbons (Fsp3) is 1.00. The number of rotatable bonds is 10. The molecule has 0 aromatic rings. The van der Waals surface area contributed by atoms with Gasteiger partial charge >= 0.3 is 8.80 Å². The number of hydrogen-bond donors (Lipinski definition) is 1. The standard InChI is InChI=1S/C11H28NO4Si/c1-12(2,8-6-7-10-13)9-11-17(14-3,15-4)16-5/h13H,6-11H2,1-5H3/q+1. The summed E-state index contributed by atoms with van der Waals surface area (Å²) in [6.45, 7) is 2.27. The van der Waals surface area contributed by atoms with Crippen LogP contribution in [0.1, 0.15) is 12.8 Å². The second-order valence-corrected chi connectivity index (χ2v) is 7.95. The first-order valence-corrected chi connectivity index (χ1v) is 7.97. The average Bonchev–Trinajstić information content (AvgIpc) is 2.32. The van der Waals surface area contributed by atoms with E-state index in [1.807, 2.05) is 0 Å². The fourth-order valence-corrected chi connectivity index (χ4v) is 3.75. The first kappa shape index (κ1) is 17.0. The SMILES string of the molecule is CO[Si](CC[N+](C)(C)CCCCO)(OC)OC. The van der Waals surface area contributed by atoms with Crippen molar-refractivity contribution in [3.8, 4) is 0 Å². The molecule has 0 bridgehead atoms. The molecule has 0 fully saturated rings. The van der Waals surface area contributed by atoms with Crippen molar-refractivity contribution in [1.29, 1.82) is 0 Å². The van der Waals surface area contributed by atoms with E-state index in [2.05, 4.69) is 14.1 Å². The Morgan fingerprint density at radius 2 is 1.47 bits per heavy atom. The maximum absolute atomic E-state index is 8.78. The van der Waals surface area contributed by atoms with Crippen LogP contribution in [0.3, 0.4) is 0 Å². The molecule has 0 aliphatic carbocycles. The summed E-state index contributed by atoms with van der Waals surface area (Å²) >= 11 is 0. The Labute approximate surface area is 106 Å². The smallest absolute Gasteiger partial charge is 0.396 e. The molecule has 17 heavy (non-hydrogen) atoms. The van der Waals surface area contributed by atoms with Crippen LogP contribution in [-0.2, 0) is 13.3 Å². The Hall–Kier alpha value is 0.0169. The molecule has 0 radical (unpaired) electrons. The molecule has 0 aromatic carbocycles. The second-order valence-electron chi connectivity index (χ2n) is 4.86. The van der Waals surface area contributed by atoms with Crippen molar-refractivity contribution in [2.24, 2.45) is 0 Å². The van der Waals surface area contributed by atoms with E-state index in [0.29, 0.717) is 0 Å². The van der Waals surface area contributed by atoms with E-state index in [-0.39, 0.29) is 6.61 Å². The van der Waals surface area contributed by atoms with Gasteiger partial charge in [0.1, 0.15) is 0 Å². The largest absolute Gasteiger partial charge is 0.505 e. The van der Waals surface area contributed by atoms with Crippen molar-refractivity contribution in [3.05, 3.63) is 0 Å². The van der Waals surface area contributed by atoms with Crippen molar-refractivity contribution in [2.45, 2.75) is 18.9 Å². The van der Waals surface area contributed by atoms with Crippen LogP contribution in [0.25, 0.3) is 0 Å². The van der Waals surface area contributed by atoms with Gasteiger partial charge in [-0.2, -0.15) is 0 Å². The highest BCUT2D eigenvalue weighted by molar-refractivity contribution is 6.60. The lowest BCUT2D eigenvalue weighted by atomic mass is 10.3. The van der Waals surface area contributed by atoms with Gasteiger partial charge in [-0.05, 0) is 12.8 Å². The zero-order valence-corrected chi connectivity index (χ0v) is 12.9. The third-order valence-corrected chi connectivity index (χ3v) is 5.83. The molecule has 0 amide bonds. The Morgan fingerprint density at radius 3 is 1.88 bits per heavy atom. The zero-order chi connectivity index (χ0) is 13.4. The predicted molar refractivity (Wildman–Crippen MR) is 69.8 cm³/mol. The van der Waals surface area contributed by atoms with Gasteiger partial charge in [0.15, 0.2) is 0 Å². The summed E-state index contributed by atoms with van der Waals surface area (Å²) in [6.07, 6.45) is 1.90. The summed E-state index contributed by atoms with van der Waals surface area (Å²) in [5.41, 5.74) is 0. The molecule has 0 aromatic heterocycles. The zero-order valence-electron chi connectivity index (χ0n) is 11.9. The molecule has 0 saturated carbocycles. The van der Waals surface area contributed by atoms with Gasteiger partial charge in [0.2, 0.25) is 0 Å². The number of unbranched alkanes of at least 4 members (excludes halogenated alkanes) is 1. The molecule has 0 heterocycles. The maximum Gasteiger partial charge on any atom is 0.505 e. The van der Waals surface area contributed by atoms with E-state index in [4.69, 9.17) is 18.4 Å². The van der Waals surface area contributed by atoms with Crippen LogP contribution in [0, 0.1) is 0 Å². The molecule has 0 aliphatic heterocycles. The van der Waals surface area contributed by atoms with Crippen LogP contribution < -0.4 is 0 Å². The van der Waals surface area contributed by atoms with Crippen LogP contribution in [0.2, 0.25) is 6.04 Å². The van der Waals surface area contributed by atoms with Gasteiger partial charge in [0.25, 0.3) is 0 Å². The van der Waals surface area contributed by atoms with Gasteiger partial charge in [0.05, 0.1) is 33.2 Å². The molecule has 0 unspecified atom stereocenters. The summed E-state index contributed by atoms with van der Waals surface area (Å²) in [5, 5.41) is 8.78. The molecule has 5 nitrogen and oxygen atoms in total. The lowest BCUT2D eigenvalue weighted by molar-refractivity contribution is -0.888. The lowest BCUT2D eigenvalue weighted by Crippen LogP contribution is -2.49. The molecule has 0 atom stereocenters. The summed E-state index contributed by atoms with van der Waals surface area (Å²) in [5.74, 6) is 0. The van der Waals surface area contributed by atoms with Gasteiger partial charge in [0, 0.05) is 27.9 Å². The van der Waals surface area contributed by atoms with E-state index in [1.165, 1.54) is 0 Å². The monoisotopic (exact) mass is 266 g/mol. The first-order valence-electron chi connectivity index (χ1n) is 6.03. The van der Waals surface area contributed by atoms with Crippen LogP contribution in [0.15, 0.2) is 0 Å². The molecular weight excluding hydrogens is 238 g/mol. The van der Waals surface area contributed by atoms with Gasteiger partial charge in [-0.1, -0.05) is 0 Å².